The first-order chi connectivity index (χ1) is 12.5. The number of rotatable bonds is 8. The molecule has 140 valence electrons. The second-order valence-electron chi connectivity index (χ2n) is 7.59. The lowest BCUT2D eigenvalue weighted by molar-refractivity contribution is -0.124. The Morgan fingerprint density at radius 3 is 2.92 bits per heavy atom. The zero-order chi connectivity index (χ0) is 18.7. The average Bonchev–Trinajstić information content (AvgIpc) is 3.26. The van der Waals surface area contributed by atoms with Gasteiger partial charge in [-0.2, -0.15) is 0 Å². The van der Waals surface area contributed by atoms with Crippen LogP contribution in [0.15, 0.2) is 24.4 Å². The number of aromatic amines is 1. The van der Waals surface area contributed by atoms with Crippen LogP contribution in [0, 0.1) is 18.8 Å². The smallest absolute Gasteiger partial charge is 0.224 e. The number of carbonyl (C=O) groups excluding carboxylic acids is 2. The van der Waals surface area contributed by atoms with Crippen LogP contribution in [0.1, 0.15) is 44.2 Å². The molecule has 1 aromatic heterocycles. The molecule has 0 saturated heterocycles. The maximum absolute atomic E-state index is 12.3. The number of aromatic nitrogens is 1. The number of carbonyl (C=O) groups is 2. The molecule has 1 aliphatic carbocycles. The van der Waals surface area contributed by atoms with Gasteiger partial charge in [0, 0.05) is 35.6 Å². The third kappa shape index (κ3) is 4.26. The van der Waals surface area contributed by atoms with Crippen LogP contribution in [-0.4, -0.2) is 29.4 Å². The minimum Gasteiger partial charge on any atom is -0.361 e. The van der Waals surface area contributed by atoms with Gasteiger partial charge in [0.25, 0.3) is 0 Å². The Bertz CT molecular complexity index is 796. The van der Waals surface area contributed by atoms with Crippen LogP contribution < -0.4 is 10.6 Å². The van der Waals surface area contributed by atoms with Gasteiger partial charge >= 0.3 is 0 Å². The lowest BCUT2D eigenvalue weighted by Crippen LogP contribution is -2.42. The Hall–Kier alpha value is -2.30. The van der Waals surface area contributed by atoms with Crippen molar-refractivity contribution in [1.29, 1.82) is 0 Å². The Kier molecular flexibility index (Phi) is 5.64. The highest BCUT2D eigenvalue weighted by atomic mass is 16.2. The van der Waals surface area contributed by atoms with Crippen LogP contribution in [-0.2, 0) is 16.0 Å². The van der Waals surface area contributed by atoms with Crippen molar-refractivity contribution >= 4 is 22.7 Å². The summed E-state index contributed by atoms with van der Waals surface area (Å²) in [7, 11) is 0. The van der Waals surface area contributed by atoms with Gasteiger partial charge in [0.15, 0.2) is 0 Å². The third-order valence-electron chi connectivity index (χ3n) is 5.26. The predicted octanol–water partition coefficient (Wildman–Crippen LogP) is 3.08. The van der Waals surface area contributed by atoms with Crippen molar-refractivity contribution in [3.05, 3.63) is 35.5 Å². The van der Waals surface area contributed by atoms with Crippen LogP contribution in [0.3, 0.4) is 0 Å². The van der Waals surface area contributed by atoms with Crippen LogP contribution in [0.2, 0.25) is 0 Å². The normalized spacial score (nSPS) is 20.0. The monoisotopic (exact) mass is 355 g/mol. The Morgan fingerprint density at radius 1 is 1.35 bits per heavy atom. The molecule has 2 amide bonds. The quantitative estimate of drug-likeness (QED) is 0.681. The van der Waals surface area contributed by atoms with E-state index in [1.807, 2.05) is 25.3 Å². The molecule has 0 spiro atoms. The molecular formula is C21H29N3O2. The van der Waals surface area contributed by atoms with E-state index in [1.165, 1.54) is 5.56 Å². The average molecular weight is 355 g/mol. The number of aryl methyl sites for hydroxylation is 1. The Morgan fingerprint density at radius 2 is 2.15 bits per heavy atom. The molecule has 0 radical (unpaired) electrons. The maximum atomic E-state index is 12.3. The second-order valence-corrected chi connectivity index (χ2v) is 7.59. The van der Waals surface area contributed by atoms with Gasteiger partial charge in [-0.15, -0.1) is 0 Å². The highest BCUT2D eigenvalue weighted by Gasteiger charge is 2.42. The summed E-state index contributed by atoms with van der Waals surface area (Å²) >= 11 is 0. The molecule has 1 saturated carbocycles. The fourth-order valence-corrected chi connectivity index (χ4v) is 3.75. The zero-order valence-corrected chi connectivity index (χ0v) is 15.9. The molecule has 1 unspecified atom stereocenters. The Balaban J connectivity index is 1.46. The fourth-order valence-electron chi connectivity index (χ4n) is 3.75. The standard InChI is InChI=1S/C21H29N3O2/c1-4-6-15-9-17(15)21(26)24-14(3)11-23-19(25)10-16-12-22-18-8-5-7-13(2)20(16)18/h5,7-8,12,14-15,17,22H,4,6,9-11H2,1-3H3,(H,23,25)(H,24,26)/t14?,15-,17-/m1/s1. The minimum absolute atomic E-state index is 0.0227. The van der Waals surface area contributed by atoms with E-state index >= 15 is 0 Å². The van der Waals surface area contributed by atoms with Gasteiger partial charge in [-0.3, -0.25) is 9.59 Å². The molecule has 1 fully saturated rings. The first-order valence-corrected chi connectivity index (χ1v) is 9.62. The lowest BCUT2D eigenvalue weighted by Gasteiger charge is -2.15. The van der Waals surface area contributed by atoms with Crippen LogP contribution in [0.5, 0.6) is 0 Å². The molecule has 1 aliphatic rings. The molecule has 0 bridgehead atoms. The highest BCUT2D eigenvalue weighted by Crippen LogP contribution is 2.42. The van der Waals surface area contributed by atoms with Crippen LogP contribution >= 0.6 is 0 Å². The van der Waals surface area contributed by atoms with Crippen molar-refractivity contribution in [2.75, 3.05) is 6.54 Å². The Labute approximate surface area is 154 Å². The number of H-pyrrole nitrogens is 1. The molecule has 3 rings (SSSR count). The van der Waals surface area contributed by atoms with Crippen molar-refractivity contribution in [2.45, 2.75) is 52.5 Å². The minimum atomic E-state index is -0.0565. The van der Waals surface area contributed by atoms with E-state index in [-0.39, 0.29) is 23.8 Å². The summed E-state index contributed by atoms with van der Waals surface area (Å²) < 4.78 is 0. The molecule has 0 aliphatic heterocycles. The summed E-state index contributed by atoms with van der Waals surface area (Å²) in [5.74, 6) is 0.859. The summed E-state index contributed by atoms with van der Waals surface area (Å²) in [5, 5.41) is 7.09. The van der Waals surface area contributed by atoms with Gasteiger partial charge in [-0.25, -0.2) is 0 Å². The number of fused-ring (bicyclic) bond motifs is 1. The summed E-state index contributed by atoms with van der Waals surface area (Å²) in [6.45, 7) is 6.60. The molecule has 3 atom stereocenters. The lowest BCUT2D eigenvalue weighted by atomic mass is 10.1. The van der Waals surface area contributed by atoms with E-state index in [4.69, 9.17) is 0 Å². The van der Waals surface area contributed by atoms with E-state index in [2.05, 4.69) is 35.5 Å². The van der Waals surface area contributed by atoms with Gasteiger partial charge in [0.05, 0.1) is 6.42 Å². The van der Waals surface area contributed by atoms with Gasteiger partial charge in [0.1, 0.15) is 0 Å². The number of hydrogen-bond donors (Lipinski definition) is 3. The van der Waals surface area contributed by atoms with Crippen molar-refractivity contribution in [2.24, 2.45) is 11.8 Å². The second kappa shape index (κ2) is 7.94. The van der Waals surface area contributed by atoms with Crippen LogP contribution in [0.4, 0.5) is 0 Å². The zero-order valence-electron chi connectivity index (χ0n) is 15.9. The van der Waals surface area contributed by atoms with E-state index in [9.17, 15) is 9.59 Å². The van der Waals surface area contributed by atoms with Crippen molar-refractivity contribution in [3.63, 3.8) is 0 Å². The first kappa shape index (κ1) is 18.5. The molecule has 1 heterocycles. The summed E-state index contributed by atoms with van der Waals surface area (Å²) in [6, 6.07) is 6.02. The molecule has 26 heavy (non-hydrogen) atoms. The molecule has 1 aromatic carbocycles. The molecule has 5 nitrogen and oxygen atoms in total. The van der Waals surface area contributed by atoms with Crippen molar-refractivity contribution < 1.29 is 9.59 Å². The van der Waals surface area contributed by atoms with E-state index in [0.29, 0.717) is 18.9 Å². The predicted molar refractivity (Wildman–Crippen MR) is 104 cm³/mol. The van der Waals surface area contributed by atoms with Crippen molar-refractivity contribution in [1.82, 2.24) is 15.6 Å². The summed E-state index contributed by atoms with van der Waals surface area (Å²) in [4.78, 5) is 27.7. The maximum Gasteiger partial charge on any atom is 0.224 e. The number of hydrogen-bond acceptors (Lipinski definition) is 2. The summed E-state index contributed by atoms with van der Waals surface area (Å²) in [6.07, 6.45) is 5.52. The first-order valence-electron chi connectivity index (χ1n) is 9.62. The highest BCUT2D eigenvalue weighted by molar-refractivity contribution is 5.91. The third-order valence-corrected chi connectivity index (χ3v) is 5.26. The van der Waals surface area contributed by atoms with Crippen molar-refractivity contribution in [3.8, 4) is 0 Å². The van der Waals surface area contributed by atoms with E-state index < -0.39 is 0 Å². The number of nitrogens with one attached hydrogen (secondary N) is 3. The largest absolute Gasteiger partial charge is 0.361 e. The van der Waals surface area contributed by atoms with Gasteiger partial charge in [-0.1, -0.05) is 25.5 Å². The molecule has 5 heteroatoms. The fraction of sp³-hybridized carbons (Fsp3) is 0.524. The van der Waals surface area contributed by atoms with Gasteiger partial charge < -0.3 is 15.6 Å². The van der Waals surface area contributed by atoms with Crippen LogP contribution in [0.25, 0.3) is 10.9 Å². The topological polar surface area (TPSA) is 74.0 Å². The van der Waals surface area contributed by atoms with Gasteiger partial charge in [-0.05, 0) is 49.8 Å². The van der Waals surface area contributed by atoms with Gasteiger partial charge in [0.2, 0.25) is 11.8 Å². The van der Waals surface area contributed by atoms with E-state index in [1.54, 1.807) is 0 Å². The SMILES string of the molecule is CCC[C@@H]1C[C@H]1C(=O)NC(C)CNC(=O)Cc1c[nH]c2cccc(C)c12. The number of amides is 2. The number of benzene rings is 1. The molecular weight excluding hydrogens is 326 g/mol. The molecule has 3 N–H and O–H groups in total. The summed E-state index contributed by atoms with van der Waals surface area (Å²) in [5.41, 5.74) is 3.23. The van der Waals surface area contributed by atoms with E-state index in [0.717, 1.165) is 35.7 Å². The molecule has 2 aromatic rings.